The minimum atomic E-state index is 0.286. The topological polar surface area (TPSA) is 61.3 Å². The van der Waals surface area contributed by atoms with Crippen molar-refractivity contribution in [1.82, 2.24) is 15.6 Å². The third-order valence-corrected chi connectivity index (χ3v) is 4.88. The first-order valence-corrected chi connectivity index (χ1v) is 10.2. The molecule has 0 saturated carbocycles. The van der Waals surface area contributed by atoms with Gasteiger partial charge in [-0.05, 0) is 31.9 Å². The van der Waals surface area contributed by atoms with E-state index in [9.17, 15) is 0 Å². The molecule has 0 spiro atoms. The van der Waals surface area contributed by atoms with Crippen LogP contribution in [0, 0.1) is 12.8 Å². The number of nitrogens with zero attached hydrogens (tertiary/aromatic N) is 2. The van der Waals surface area contributed by atoms with E-state index < -0.39 is 0 Å². The van der Waals surface area contributed by atoms with Gasteiger partial charge in [-0.25, -0.2) is 4.98 Å². The molecule has 0 bridgehead atoms. The number of anilines is 1. The summed E-state index contributed by atoms with van der Waals surface area (Å²) in [6.45, 7) is 11.0. The van der Waals surface area contributed by atoms with Crippen molar-refractivity contribution in [1.29, 1.82) is 0 Å². The number of aryl methyl sites for hydroxylation is 1. The molecule has 1 unspecified atom stereocenters. The number of thiazole rings is 1. The molecule has 2 aromatic rings. The minimum Gasteiger partial charge on any atom is -0.380 e. The standard InChI is InChI=1S/C20H31N5S/c1-5-21-20(22-12-11-18-14-26-16(4)24-18)23-13-19(15(2)3)25-17-9-7-6-8-10-17/h6-10,14-15,19,25H,5,11-13H2,1-4H3,(H2,21,22,23). The zero-order chi connectivity index (χ0) is 18.8. The van der Waals surface area contributed by atoms with E-state index in [0.717, 1.165) is 48.4 Å². The van der Waals surface area contributed by atoms with Gasteiger partial charge in [-0.1, -0.05) is 32.0 Å². The van der Waals surface area contributed by atoms with E-state index in [-0.39, 0.29) is 6.04 Å². The van der Waals surface area contributed by atoms with Gasteiger partial charge in [-0.15, -0.1) is 11.3 Å². The van der Waals surface area contributed by atoms with Crippen molar-refractivity contribution in [3.05, 3.63) is 46.4 Å². The molecular formula is C20H31N5S. The Morgan fingerprint density at radius 2 is 1.96 bits per heavy atom. The Labute approximate surface area is 161 Å². The Kier molecular flexibility index (Phi) is 8.41. The number of para-hydroxylation sites is 1. The average Bonchev–Trinajstić information content (AvgIpc) is 3.04. The molecule has 0 fully saturated rings. The van der Waals surface area contributed by atoms with Gasteiger partial charge in [0.1, 0.15) is 0 Å². The van der Waals surface area contributed by atoms with Crippen LogP contribution in [0.5, 0.6) is 0 Å². The lowest BCUT2D eigenvalue weighted by Crippen LogP contribution is -2.40. The summed E-state index contributed by atoms with van der Waals surface area (Å²) in [5.41, 5.74) is 2.28. The fourth-order valence-corrected chi connectivity index (χ4v) is 3.18. The van der Waals surface area contributed by atoms with Gasteiger partial charge in [-0.2, -0.15) is 0 Å². The van der Waals surface area contributed by atoms with Crippen LogP contribution in [0.25, 0.3) is 0 Å². The van der Waals surface area contributed by atoms with Gasteiger partial charge in [0.25, 0.3) is 0 Å². The molecule has 142 valence electrons. The zero-order valence-corrected chi connectivity index (χ0v) is 17.1. The van der Waals surface area contributed by atoms with Gasteiger partial charge in [0.2, 0.25) is 0 Å². The number of nitrogens with one attached hydrogen (secondary N) is 3. The van der Waals surface area contributed by atoms with E-state index in [2.05, 4.69) is 71.4 Å². The molecule has 6 heteroatoms. The van der Waals surface area contributed by atoms with E-state index in [1.54, 1.807) is 11.3 Å². The minimum absolute atomic E-state index is 0.286. The lowest BCUT2D eigenvalue weighted by atomic mass is 10.0. The summed E-state index contributed by atoms with van der Waals surface area (Å²) in [6, 6.07) is 10.6. The van der Waals surface area contributed by atoms with Crippen molar-refractivity contribution in [3.8, 4) is 0 Å². The largest absolute Gasteiger partial charge is 0.380 e. The highest BCUT2D eigenvalue weighted by atomic mass is 32.1. The maximum Gasteiger partial charge on any atom is 0.191 e. The molecule has 1 aromatic carbocycles. The molecule has 0 aliphatic heterocycles. The highest BCUT2D eigenvalue weighted by Crippen LogP contribution is 2.12. The molecule has 0 saturated heterocycles. The second-order valence-electron chi connectivity index (χ2n) is 6.62. The smallest absolute Gasteiger partial charge is 0.191 e. The highest BCUT2D eigenvalue weighted by molar-refractivity contribution is 7.09. The first kappa shape index (κ1) is 20.2. The molecular weight excluding hydrogens is 342 g/mol. The van der Waals surface area contributed by atoms with Crippen molar-refractivity contribution in [2.45, 2.75) is 40.2 Å². The first-order chi connectivity index (χ1) is 12.6. The molecule has 1 atom stereocenters. The second-order valence-corrected chi connectivity index (χ2v) is 7.68. The van der Waals surface area contributed by atoms with Crippen LogP contribution >= 0.6 is 11.3 Å². The maximum absolute atomic E-state index is 4.78. The molecule has 2 rings (SSSR count). The van der Waals surface area contributed by atoms with Crippen molar-refractivity contribution in [2.75, 3.05) is 25.0 Å². The van der Waals surface area contributed by atoms with E-state index in [1.807, 2.05) is 13.0 Å². The molecule has 0 radical (unpaired) electrons. The van der Waals surface area contributed by atoms with E-state index in [0.29, 0.717) is 5.92 Å². The van der Waals surface area contributed by atoms with Crippen molar-refractivity contribution in [2.24, 2.45) is 10.9 Å². The quantitative estimate of drug-likeness (QED) is 0.463. The van der Waals surface area contributed by atoms with Gasteiger partial charge >= 0.3 is 0 Å². The predicted molar refractivity (Wildman–Crippen MR) is 113 cm³/mol. The van der Waals surface area contributed by atoms with E-state index >= 15 is 0 Å². The first-order valence-electron chi connectivity index (χ1n) is 9.33. The van der Waals surface area contributed by atoms with E-state index in [4.69, 9.17) is 4.99 Å². The monoisotopic (exact) mass is 373 g/mol. The molecule has 26 heavy (non-hydrogen) atoms. The van der Waals surface area contributed by atoms with Crippen LogP contribution in [0.1, 0.15) is 31.5 Å². The Morgan fingerprint density at radius 1 is 1.19 bits per heavy atom. The summed E-state index contributed by atoms with van der Waals surface area (Å²) in [4.78, 5) is 9.29. The van der Waals surface area contributed by atoms with Crippen LogP contribution in [0.2, 0.25) is 0 Å². The molecule has 3 N–H and O–H groups in total. The number of rotatable bonds is 9. The van der Waals surface area contributed by atoms with Crippen molar-refractivity contribution >= 4 is 23.0 Å². The number of guanidine groups is 1. The number of hydrogen-bond donors (Lipinski definition) is 3. The summed E-state index contributed by atoms with van der Waals surface area (Å²) in [5.74, 6) is 1.35. The lowest BCUT2D eigenvalue weighted by Gasteiger charge is -2.22. The third-order valence-electron chi connectivity index (χ3n) is 4.06. The average molecular weight is 374 g/mol. The summed E-state index contributed by atoms with van der Waals surface area (Å²) in [7, 11) is 0. The molecule has 0 amide bonds. The normalized spacial score (nSPS) is 12.9. The van der Waals surface area contributed by atoms with E-state index in [1.165, 1.54) is 0 Å². The lowest BCUT2D eigenvalue weighted by molar-refractivity contribution is 0.530. The highest BCUT2D eigenvalue weighted by Gasteiger charge is 2.13. The summed E-state index contributed by atoms with van der Waals surface area (Å²) >= 11 is 1.70. The fraction of sp³-hybridized carbons (Fsp3) is 0.500. The third kappa shape index (κ3) is 7.04. The number of hydrogen-bond acceptors (Lipinski definition) is 4. The van der Waals surface area contributed by atoms with Crippen LogP contribution < -0.4 is 16.0 Å². The molecule has 5 nitrogen and oxygen atoms in total. The fourth-order valence-electron chi connectivity index (χ4n) is 2.54. The van der Waals surface area contributed by atoms with Gasteiger partial charge in [0, 0.05) is 36.6 Å². The number of benzene rings is 1. The molecule has 0 aliphatic rings. The summed E-state index contributed by atoms with van der Waals surface area (Å²) in [6.07, 6.45) is 0.907. The van der Waals surface area contributed by atoms with Crippen molar-refractivity contribution in [3.63, 3.8) is 0 Å². The Hall–Kier alpha value is -2.08. The van der Waals surface area contributed by atoms with Gasteiger partial charge in [0.15, 0.2) is 5.96 Å². The Bertz CT molecular complexity index is 666. The van der Waals surface area contributed by atoms with Gasteiger partial charge in [-0.3, -0.25) is 4.99 Å². The summed E-state index contributed by atoms with van der Waals surface area (Å²) in [5, 5.41) is 13.6. The van der Waals surface area contributed by atoms with Gasteiger partial charge < -0.3 is 16.0 Å². The molecule has 1 aromatic heterocycles. The van der Waals surface area contributed by atoms with Crippen LogP contribution in [-0.2, 0) is 6.42 Å². The van der Waals surface area contributed by atoms with Crippen LogP contribution in [0.4, 0.5) is 5.69 Å². The SMILES string of the molecule is CCNC(=NCC(Nc1ccccc1)C(C)C)NCCc1csc(C)n1. The number of aromatic nitrogens is 1. The Morgan fingerprint density at radius 3 is 2.58 bits per heavy atom. The van der Waals surface area contributed by atoms with Gasteiger partial charge in [0.05, 0.1) is 17.2 Å². The molecule has 0 aliphatic carbocycles. The van der Waals surface area contributed by atoms with Crippen LogP contribution in [0.3, 0.4) is 0 Å². The second kappa shape index (κ2) is 10.8. The number of aliphatic imine (C=N–C) groups is 1. The van der Waals surface area contributed by atoms with Crippen molar-refractivity contribution < 1.29 is 0 Å². The maximum atomic E-state index is 4.78. The van der Waals surface area contributed by atoms with Crippen LogP contribution in [0.15, 0.2) is 40.7 Å². The van der Waals surface area contributed by atoms with Crippen LogP contribution in [-0.4, -0.2) is 36.6 Å². The zero-order valence-electron chi connectivity index (χ0n) is 16.2. The molecule has 1 heterocycles. The Balaban J connectivity index is 1.89. The predicted octanol–water partition coefficient (Wildman–Crippen LogP) is 3.69. The summed E-state index contributed by atoms with van der Waals surface area (Å²) < 4.78 is 0.